The van der Waals surface area contributed by atoms with Crippen molar-refractivity contribution in [3.63, 3.8) is 0 Å². The molecule has 0 unspecified atom stereocenters. The molecule has 0 aliphatic rings. The molecule has 0 spiro atoms. The number of nitrogens with zero attached hydrogens (tertiary/aromatic N) is 2. The van der Waals surface area contributed by atoms with Crippen molar-refractivity contribution >= 4 is 11.8 Å². The van der Waals surface area contributed by atoms with Gasteiger partial charge in [0, 0.05) is 25.4 Å². The summed E-state index contributed by atoms with van der Waals surface area (Å²) in [5, 5.41) is 6.03. The molecule has 1 aromatic heterocycles. The lowest BCUT2D eigenvalue weighted by Gasteiger charge is -2.26. The van der Waals surface area contributed by atoms with Gasteiger partial charge in [-0.1, -0.05) is 26.0 Å². The van der Waals surface area contributed by atoms with Crippen LogP contribution in [0.25, 0.3) is 0 Å². The van der Waals surface area contributed by atoms with E-state index in [2.05, 4.69) is 20.6 Å². The Morgan fingerprint density at radius 3 is 2.00 bits per heavy atom. The van der Waals surface area contributed by atoms with Gasteiger partial charge in [-0.3, -0.25) is 0 Å². The maximum atomic E-state index is 12.7. The van der Waals surface area contributed by atoms with Crippen molar-refractivity contribution in [2.75, 3.05) is 24.7 Å². The monoisotopic (exact) mass is 366 g/mol. The summed E-state index contributed by atoms with van der Waals surface area (Å²) >= 11 is 0. The molecule has 0 bridgehead atoms. The summed E-state index contributed by atoms with van der Waals surface area (Å²) in [6.07, 6.45) is -2.83. The van der Waals surface area contributed by atoms with E-state index in [1.165, 1.54) is 0 Å². The van der Waals surface area contributed by atoms with Crippen molar-refractivity contribution in [1.82, 2.24) is 9.97 Å². The van der Waals surface area contributed by atoms with Gasteiger partial charge in [-0.2, -0.15) is 18.2 Å². The molecule has 0 radical (unpaired) electrons. The number of nitrogens with one attached hydrogen (secondary N) is 2. The average Bonchev–Trinajstić information content (AvgIpc) is 2.59. The third-order valence-corrected chi connectivity index (χ3v) is 4.67. The molecular weight excluding hydrogens is 341 g/mol. The minimum atomic E-state index is -4.31. The highest BCUT2D eigenvalue weighted by atomic mass is 19.4. The number of aromatic nitrogens is 2. The lowest BCUT2D eigenvalue weighted by molar-refractivity contribution is -0.137. The number of anilines is 2. The topological polar surface area (TPSA) is 49.8 Å². The van der Waals surface area contributed by atoms with Crippen LogP contribution in [0.4, 0.5) is 24.9 Å². The number of alkyl halides is 3. The predicted molar refractivity (Wildman–Crippen MR) is 98.7 cm³/mol. The average molecular weight is 366 g/mol. The van der Waals surface area contributed by atoms with Crippen LogP contribution in [0.15, 0.2) is 24.3 Å². The Bertz CT molecular complexity index is 753. The number of aryl methyl sites for hydroxylation is 1. The van der Waals surface area contributed by atoms with Crippen LogP contribution < -0.4 is 10.6 Å². The molecular formula is C19H25F3N4. The van der Waals surface area contributed by atoms with E-state index in [9.17, 15) is 13.2 Å². The van der Waals surface area contributed by atoms with Crippen LogP contribution in [0.1, 0.15) is 42.7 Å². The predicted octanol–water partition coefficient (Wildman–Crippen LogP) is 4.80. The van der Waals surface area contributed by atoms with Gasteiger partial charge in [0.25, 0.3) is 0 Å². The maximum absolute atomic E-state index is 12.7. The van der Waals surface area contributed by atoms with E-state index in [0.717, 1.165) is 47.6 Å². The Morgan fingerprint density at radius 2 is 1.50 bits per heavy atom. The Morgan fingerprint density at radius 1 is 0.923 bits per heavy atom. The fraction of sp³-hybridized carbons (Fsp3) is 0.474. The first-order valence-electron chi connectivity index (χ1n) is 8.49. The molecule has 142 valence electrons. The van der Waals surface area contributed by atoms with E-state index in [0.29, 0.717) is 5.95 Å². The van der Waals surface area contributed by atoms with Gasteiger partial charge in [0.15, 0.2) is 0 Å². The Labute approximate surface area is 152 Å². The smallest absolute Gasteiger partial charge is 0.373 e. The van der Waals surface area contributed by atoms with Crippen molar-refractivity contribution < 1.29 is 13.2 Å². The fourth-order valence-corrected chi connectivity index (χ4v) is 2.91. The second kappa shape index (κ2) is 7.51. The molecule has 0 aliphatic heterocycles. The van der Waals surface area contributed by atoms with Crippen molar-refractivity contribution in [3.05, 3.63) is 46.6 Å². The Hall–Kier alpha value is -2.31. The van der Waals surface area contributed by atoms with E-state index >= 15 is 0 Å². The van der Waals surface area contributed by atoms with E-state index in [1.807, 2.05) is 27.8 Å². The number of rotatable bonds is 6. The highest BCUT2D eigenvalue weighted by Crippen LogP contribution is 2.34. The van der Waals surface area contributed by atoms with E-state index in [-0.39, 0.29) is 5.41 Å². The molecule has 2 aromatic rings. The van der Waals surface area contributed by atoms with Crippen molar-refractivity contribution in [3.8, 4) is 0 Å². The zero-order valence-electron chi connectivity index (χ0n) is 15.8. The third kappa shape index (κ3) is 4.45. The van der Waals surface area contributed by atoms with Gasteiger partial charge in [-0.15, -0.1) is 0 Å². The highest BCUT2D eigenvalue weighted by molar-refractivity contribution is 5.50. The maximum Gasteiger partial charge on any atom is 0.416 e. The summed E-state index contributed by atoms with van der Waals surface area (Å²) in [6, 6.07) is 5.42. The van der Waals surface area contributed by atoms with Gasteiger partial charge in [0.1, 0.15) is 5.82 Å². The molecule has 1 aromatic carbocycles. The molecule has 0 saturated carbocycles. The van der Waals surface area contributed by atoms with E-state index in [1.54, 1.807) is 19.2 Å². The number of hydrogen-bond donors (Lipinski definition) is 2. The first kappa shape index (κ1) is 20.0. The molecule has 0 fully saturated rings. The number of hydrogen-bond acceptors (Lipinski definition) is 4. The van der Waals surface area contributed by atoms with Gasteiger partial charge in [-0.25, -0.2) is 4.98 Å². The van der Waals surface area contributed by atoms with Gasteiger partial charge in [0.2, 0.25) is 5.95 Å². The molecule has 0 aliphatic carbocycles. The zero-order valence-corrected chi connectivity index (χ0v) is 15.8. The standard InChI is InChI=1S/C19H25F3N4/c1-12-15(16(23-4)26-17(24-5)25-12)10-11-18(2,3)13-6-8-14(9-7-13)19(20,21)22/h6-9H,10-11H2,1-5H3,(H2,23,24,25,26). The summed E-state index contributed by atoms with van der Waals surface area (Å²) in [4.78, 5) is 8.85. The van der Waals surface area contributed by atoms with E-state index in [4.69, 9.17) is 0 Å². The summed E-state index contributed by atoms with van der Waals surface area (Å²) < 4.78 is 38.2. The molecule has 2 rings (SSSR count). The zero-order chi connectivity index (χ0) is 19.5. The molecule has 1 heterocycles. The van der Waals surface area contributed by atoms with Gasteiger partial charge >= 0.3 is 6.18 Å². The van der Waals surface area contributed by atoms with Crippen LogP contribution in [0.3, 0.4) is 0 Å². The van der Waals surface area contributed by atoms with Crippen LogP contribution in [0.5, 0.6) is 0 Å². The fourth-order valence-electron chi connectivity index (χ4n) is 2.91. The SMILES string of the molecule is CNc1nc(C)c(CCC(C)(C)c2ccc(C(F)(F)F)cc2)c(NC)n1. The van der Waals surface area contributed by atoms with Crippen molar-refractivity contribution in [2.24, 2.45) is 0 Å². The summed E-state index contributed by atoms with van der Waals surface area (Å²) in [7, 11) is 3.58. The molecule has 26 heavy (non-hydrogen) atoms. The largest absolute Gasteiger partial charge is 0.416 e. The number of benzene rings is 1. The second-order valence-corrected chi connectivity index (χ2v) is 6.92. The minimum Gasteiger partial charge on any atom is -0.373 e. The lowest BCUT2D eigenvalue weighted by Crippen LogP contribution is -2.19. The van der Waals surface area contributed by atoms with Crippen LogP contribution in [0.2, 0.25) is 0 Å². The number of halogens is 3. The van der Waals surface area contributed by atoms with Crippen molar-refractivity contribution in [2.45, 2.75) is 45.2 Å². The summed E-state index contributed by atoms with van der Waals surface area (Å²) in [5.74, 6) is 1.32. The molecule has 7 heteroatoms. The minimum absolute atomic E-state index is 0.275. The lowest BCUT2D eigenvalue weighted by atomic mass is 9.79. The van der Waals surface area contributed by atoms with Crippen LogP contribution in [0, 0.1) is 6.92 Å². The molecule has 4 nitrogen and oxygen atoms in total. The highest BCUT2D eigenvalue weighted by Gasteiger charge is 2.31. The quantitative estimate of drug-likeness (QED) is 0.771. The van der Waals surface area contributed by atoms with Crippen LogP contribution in [-0.2, 0) is 18.0 Å². The first-order chi connectivity index (χ1) is 12.1. The second-order valence-electron chi connectivity index (χ2n) is 6.92. The Kier molecular flexibility index (Phi) is 5.78. The van der Waals surface area contributed by atoms with Crippen molar-refractivity contribution in [1.29, 1.82) is 0 Å². The molecule has 0 amide bonds. The third-order valence-electron chi connectivity index (χ3n) is 4.67. The first-order valence-corrected chi connectivity index (χ1v) is 8.49. The van der Waals surface area contributed by atoms with Crippen LogP contribution >= 0.6 is 0 Å². The molecule has 0 saturated heterocycles. The Balaban J connectivity index is 2.20. The summed E-state index contributed by atoms with van der Waals surface area (Å²) in [5.41, 5.74) is 1.88. The van der Waals surface area contributed by atoms with Gasteiger partial charge < -0.3 is 10.6 Å². The van der Waals surface area contributed by atoms with Crippen LogP contribution in [-0.4, -0.2) is 24.1 Å². The van der Waals surface area contributed by atoms with Gasteiger partial charge in [0.05, 0.1) is 5.56 Å². The van der Waals surface area contributed by atoms with E-state index < -0.39 is 11.7 Å². The molecule has 2 N–H and O–H groups in total. The van der Waals surface area contributed by atoms with Gasteiger partial charge in [-0.05, 0) is 42.9 Å². The summed E-state index contributed by atoms with van der Waals surface area (Å²) in [6.45, 7) is 6.00. The normalized spacial score (nSPS) is 12.2. The molecule has 0 atom stereocenters.